The minimum absolute atomic E-state index is 0.0716. The van der Waals surface area contributed by atoms with Gasteiger partial charge in [-0.1, -0.05) is 50.6 Å². The average Bonchev–Trinajstić information content (AvgIpc) is 2.52. The Labute approximate surface area is 149 Å². The molecule has 0 saturated carbocycles. The maximum atomic E-state index is 13.0. The van der Waals surface area contributed by atoms with Gasteiger partial charge in [-0.3, -0.25) is 9.10 Å². The molecule has 0 spiro atoms. The van der Waals surface area contributed by atoms with Crippen LogP contribution in [0.2, 0.25) is 0 Å². The number of hydrogen-bond donors (Lipinski definition) is 1. The van der Waals surface area contributed by atoms with Gasteiger partial charge in [0.05, 0.1) is 10.6 Å². The van der Waals surface area contributed by atoms with Gasteiger partial charge in [-0.2, -0.15) is 0 Å². The summed E-state index contributed by atoms with van der Waals surface area (Å²) in [6.07, 6.45) is 0. The number of carboxylic acids is 1. The van der Waals surface area contributed by atoms with Crippen LogP contribution in [0.4, 0.5) is 5.69 Å². The van der Waals surface area contributed by atoms with E-state index in [1.165, 1.54) is 12.1 Å². The summed E-state index contributed by atoms with van der Waals surface area (Å²) < 4.78 is 26.9. The van der Waals surface area contributed by atoms with Crippen LogP contribution in [0.3, 0.4) is 0 Å². The van der Waals surface area contributed by atoms with Crippen molar-refractivity contribution in [2.75, 3.05) is 10.8 Å². The summed E-state index contributed by atoms with van der Waals surface area (Å²) in [6.45, 7) is 7.37. The summed E-state index contributed by atoms with van der Waals surface area (Å²) in [5, 5.41) is 9.15. The number of carboxylic acid groups (broad SMARTS) is 1. The van der Waals surface area contributed by atoms with Crippen LogP contribution in [0.1, 0.15) is 31.9 Å². The van der Waals surface area contributed by atoms with E-state index in [-0.39, 0.29) is 10.3 Å². The molecule has 5 nitrogen and oxygen atoms in total. The Kier molecular flexibility index (Phi) is 5.23. The zero-order valence-corrected chi connectivity index (χ0v) is 15.7. The van der Waals surface area contributed by atoms with Crippen LogP contribution in [0.25, 0.3) is 0 Å². The van der Waals surface area contributed by atoms with E-state index in [1.807, 2.05) is 27.7 Å². The molecule has 0 saturated heterocycles. The Morgan fingerprint density at radius 1 is 1.00 bits per heavy atom. The van der Waals surface area contributed by atoms with Gasteiger partial charge >= 0.3 is 5.97 Å². The van der Waals surface area contributed by atoms with Crippen LogP contribution in [0, 0.1) is 6.92 Å². The van der Waals surface area contributed by atoms with Crippen molar-refractivity contribution in [1.82, 2.24) is 0 Å². The van der Waals surface area contributed by atoms with Crippen LogP contribution < -0.4 is 4.31 Å². The highest BCUT2D eigenvalue weighted by atomic mass is 32.2. The molecule has 0 aromatic heterocycles. The smallest absolute Gasteiger partial charge is 0.324 e. The molecule has 0 unspecified atom stereocenters. The number of rotatable bonds is 5. The molecule has 0 amide bonds. The van der Waals surface area contributed by atoms with E-state index >= 15 is 0 Å². The Hall–Kier alpha value is -2.34. The lowest BCUT2D eigenvalue weighted by Gasteiger charge is -2.24. The van der Waals surface area contributed by atoms with Gasteiger partial charge in [0.2, 0.25) is 0 Å². The van der Waals surface area contributed by atoms with Gasteiger partial charge in [-0.15, -0.1) is 0 Å². The van der Waals surface area contributed by atoms with E-state index in [1.54, 1.807) is 36.4 Å². The predicted octanol–water partition coefficient (Wildman–Crippen LogP) is 3.57. The molecule has 0 heterocycles. The van der Waals surface area contributed by atoms with Crippen molar-refractivity contribution in [2.45, 2.75) is 38.0 Å². The summed E-state index contributed by atoms with van der Waals surface area (Å²) >= 11 is 0. The van der Waals surface area contributed by atoms with Crippen LogP contribution in [0.15, 0.2) is 53.4 Å². The van der Waals surface area contributed by atoms with Crippen molar-refractivity contribution >= 4 is 21.7 Å². The normalized spacial score (nSPS) is 12.0. The van der Waals surface area contributed by atoms with Gasteiger partial charge in [-0.05, 0) is 42.2 Å². The summed E-state index contributed by atoms with van der Waals surface area (Å²) in [6, 6.07) is 13.3. The van der Waals surface area contributed by atoms with Gasteiger partial charge in [0, 0.05) is 0 Å². The number of aryl methyl sites for hydroxylation is 1. The van der Waals surface area contributed by atoms with E-state index in [2.05, 4.69) is 0 Å². The molecule has 1 N–H and O–H groups in total. The Bertz CT molecular complexity index is 848. The molecule has 0 bridgehead atoms. The first-order valence-electron chi connectivity index (χ1n) is 7.93. The van der Waals surface area contributed by atoms with Crippen molar-refractivity contribution in [2.24, 2.45) is 0 Å². The Morgan fingerprint density at radius 3 is 1.96 bits per heavy atom. The van der Waals surface area contributed by atoms with Crippen molar-refractivity contribution in [3.05, 3.63) is 59.7 Å². The molecule has 2 rings (SSSR count). The minimum atomic E-state index is -3.97. The molecule has 6 heteroatoms. The summed E-state index contributed by atoms with van der Waals surface area (Å²) in [5.41, 5.74) is 2.20. The third-order valence-corrected chi connectivity index (χ3v) is 5.70. The fourth-order valence-corrected chi connectivity index (χ4v) is 3.82. The zero-order chi connectivity index (χ0) is 18.8. The van der Waals surface area contributed by atoms with E-state index in [0.717, 1.165) is 15.4 Å². The number of sulfonamides is 1. The predicted molar refractivity (Wildman–Crippen MR) is 98.5 cm³/mol. The molecule has 2 aromatic carbocycles. The quantitative estimate of drug-likeness (QED) is 0.883. The largest absolute Gasteiger partial charge is 0.480 e. The highest BCUT2D eigenvalue weighted by molar-refractivity contribution is 7.92. The van der Waals surface area contributed by atoms with Crippen molar-refractivity contribution < 1.29 is 18.3 Å². The maximum absolute atomic E-state index is 13.0. The lowest BCUT2D eigenvalue weighted by molar-refractivity contribution is -0.135. The summed E-state index contributed by atoms with van der Waals surface area (Å²) in [5.74, 6) is -1.21. The van der Waals surface area contributed by atoms with Crippen molar-refractivity contribution in [3.8, 4) is 0 Å². The molecule has 2 aromatic rings. The number of benzene rings is 2. The average molecular weight is 361 g/mol. The van der Waals surface area contributed by atoms with E-state index in [0.29, 0.717) is 5.69 Å². The molecule has 0 radical (unpaired) electrons. The number of nitrogens with zero attached hydrogens (tertiary/aromatic N) is 1. The first-order chi connectivity index (χ1) is 11.5. The number of anilines is 1. The fourth-order valence-electron chi connectivity index (χ4n) is 2.40. The second-order valence-corrected chi connectivity index (χ2v) is 8.88. The monoisotopic (exact) mass is 361 g/mol. The van der Waals surface area contributed by atoms with Crippen LogP contribution >= 0.6 is 0 Å². The van der Waals surface area contributed by atoms with E-state index in [4.69, 9.17) is 5.11 Å². The zero-order valence-electron chi connectivity index (χ0n) is 14.9. The van der Waals surface area contributed by atoms with Gasteiger partial charge in [0.25, 0.3) is 10.0 Å². The van der Waals surface area contributed by atoms with Gasteiger partial charge in [0.1, 0.15) is 6.54 Å². The lowest BCUT2D eigenvalue weighted by Crippen LogP contribution is -2.35. The molecule has 0 aliphatic carbocycles. The van der Waals surface area contributed by atoms with Crippen molar-refractivity contribution in [3.63, 3.8) is 0 Å². The van der Waals surface area contributed by atoms with Gasteiger partial charge in [0.15, 0.2) is 0 Å². The molecule has 25 heavy (non-hydrogen) atoms. The van der Waals surface area contributed by atoms with Gasteiger partial charge in [-0.25, -0.2) is 8.42 Å². The highest BCUT2D eigenvalue weighted by Crippen LogP contribution is 2.27. The lowest BCUT2D eigenvalue weighted by atomic mass is 9.87. The van der Waals surface area contributed by atoms with E-state index < -0.39 is 22.5 Å². The summed E-state index contributed by atoms with van der Waals surface area (Å²) in [4.78, 5) is 11.3. The van der Waals surface area contributed by atoms with Crippen LogP contribution in [0.5, 0.6) is 0 Å². The highest BCUT2D eigenvalue weighted by Gasteiger charge is 2.27. The molecule has 0 atom stereocenters. The first kappa shape index (κ1) is 19.0. The number of carbonyl (C=O) groups is 1. The molecular formula is C19H23NO4S. The van der Waals surface area contributed by atoms with Gasteiger partial charge < -0.3 is 5.11 Å². The molecule has 0 aliphatic heterocycles. The third kappa shape index (κ3) is 4.39. The van der Waals surface area contributed by atoms with Crippen LogP contribution in [-0.2, 0) is 20.2 Å². The van der Waals surface area contributed by atoms with E-state index in [9.17, 15) is 13.2 Å². The third-order valence-electron chi connectivity index (χ3n) is 3.91. The first-order valence-corrected chi connectivity index (χ1v) is 9.37. The minimum Gasteiger partial charge on any atom is -0.480 e. The molecule has 134 valence electrons. The molecule has 0 aliphatic rings. The summed E-state index contributed by atoms with van der Waals surface area (Å²) in [7, 11) is -3.97. The maximum Gasteiger partial charge on any atom is 0.324 e. The van der Waals surface area contributed by atoms with Crippen molar-refractivity contribution in [1.29, 1.82) is 0 Å². The number of hydrogen-bond acceptors (Lipinski definition) is 3. The second kappa shape index (κ2) is 6.88. The fraction of sp³-hybridized carbons (Fsp3) is 0.316. The Morgan fingerprint density at radius 2 is 1.52 bits per heavy atom. The second-order valence-electron chi connectivity index (χ2n) is 7.02. The van der Waals surface area contributed by atoms with Crippen LogP contribution in [-0.4, -0.2) is 26.0 Å². The Balaban J connectivity index is 2.47. The SMILES string of the molecule is Cc1ccc(N(CC(=O)O)S(=O)(=O)c2ccc(C(C)(C)C)cc2)cc1. The standard InChI is InChI=1S/C19H23NO4S/c1-14-5-9-16(10-6-14)20(13-18(21)22)25(23,24)17-11-7-15(8-12-17)19(2,3)4/h5-12H,13H2,1-4H3,(H,21,22). The topological polar surface area (TPSA) is 74.7 Å². The molecule has 0 fully saturated rings. The molecular weight excluding hydrogens is 338 g/mol. The number of aliphatic carboxylic acids is 1.